The van der Waals surface area contributed by atoms with E-state index in [4.69, 9.17) is 10.2 Å². The quantitative estimate of drug-likeness (QED) is 0.114. The Bertz CT molecular complexity index is 597. The molecule has 0 saturated heterocycles. The Morgan fingerprint density at radius 1 is 0.828 bits per heavy atom. The van der Waals surface area contributed by atoms with Gasteiger partial charge in [0.25, 0.3) is 0 Å². The molecule has 0 aliphatic carbocycles. The van der Waals surface area contributed by atoms with E-state index in [0.717, 1.165) is 0 Å². The molecule has 7 N–H and O–H groups in total. The number of hydrogen-bond acceptors (Lipinski definition) is 6. The van der Waals surface area contributed by atoms with Crippen LogP contribution in [0.2, 0.25) is 0 Å². The van der Waals surface area contributed by atoms with Crippen molar-refractivity contribution in [2.75, 3.05) is 13.1 Å². The predicted molar refractivity (Wildman–Crippen MR) is 96.9 cm³/mol. The van der Waals surface area contributed by atoms with Gasteiger partial charge in [-0.25, -0.2) is 14.4 Å². The molecule has 0 radical (unpaired) electrons. The number of nitrogens with one attached hydrogen (secondary N) is 4. The first-order valence-corrected chi connectivity index (χ1v) is 8.85. The second-order valence-electron chi connectivity index (χ2n) is 6.03. The van der Waals surface area contributed by atoms with Gasteiger partial charge < -0.3 is 36.6 Å². The Hall–Kier alpha value is -3.38. The van der Waals surface area contributed by atoms with Crippen molar-refractivity contribution in [2.24, 2.45) is 0 Å². The molecule has 0 aromatic carbocycles. The van der Waals surface area contributed by atoms with Crippen LogP contribution in [0.4, 0.5) is 4.79 Å². The summed E-state index contributed by atoms with van der Waals surface area (Å²) in [6.07, 6.45) is 0.851. The highest BCUT2D eigenvalue weighted by atomic mass is 16.4. The highest BCUT2D eigenvalue weighted by Gasteiger charge is 2.24. The standard InChI is InChI=1S/C16H26N4O9/c21-9-17-8-12(22)18-7-2-1-4-10(14(25)26)19-16(29)20-11(15(27)28)5-3-6-13(23)24/h9-11H,1-8H2,(H,17,21)(H,18,22)(H,23,24)(H,25,26)(H,27,28)(H2,19,20,29)/t10-,11-/m0/s1. The highest BCUT2D eigenvalue weighted by Crippen LogP contribution is 2.04. The lowest BCUT2D eigenvalue weighted by atomic mass is 10.1. The third-order valence-electron chi connectivity index (χ3n) is 3.68. The molecule has 2 atom stereocenters. The monoisotopic (exact) mass is 418 g/mol. The summed E-state index contributed by atoms with van der Waals surface area (Å²) in [7, 11) is 0. The first kappa shape index (κ1) is 25.6. The molecular formula is C16H26N4O9. The van der Waals surface area contributed by atoms with E-state index in [-0.39, 0.29) is 38.8 Å². The minimum Gasteiger partial charge on any atom is -0.481 e. The largest absolute Gasteiger partial charge is 0.481 e. The van der Waals surface area contributed by atoms with E-state index >= 15 is 0 Å². The van der Waals surface area contributed by atoms with Crippen LogP contribution in [0.5, 0.6) is 0 Å². The lowest BCUT2D eigenvalue weighted by molar-refractivity contribution is -0.140. The van der Waals surface area contributed by atoms with Gasteiger partial charge in [-0.2, -0.15) is 0 Å². The molecule has 29 heavy (non-hydrogen) atoms. The van der Waals surface area contributed by atoms with Crippen LogP contribution in [0.15, 0.2) is 0 Å². The van der Waals surface area contributed by atoms with Crippen molar-refractivity contribution in [2.45, 2.75) is 50.6 Å². The summed E-state index contributed by atoms with van der Waals surface area (Å²) >= 11 is 0. The molecule has 0 unspecified atom stereocenters. The zero-order chi connectivity index (χ0) is 22.2. The fourth-order valence-electron chi connectivity index (χ4n) is 2.23. The normalized spacial score (nSPS) is 12.1. The third-order valence-corrected chi connectivity index (χ3v) is 3.68. The summed E-state index contributed by atoms with van der Waals surface area (Å²) in [5, 5.41) is 35.8. The van der Waals surface area contributed by atoms with Crippen molar-refractivity contribution >= 4 is 36.3 Å². The SMILES string of the molecule is O=CNCC(=O)NCCCC[C@H](NC(=O)N[C@@H](CCCC(=O)O)C(=O)O)C(=O)O. The Morgan fingerprint density at radius 3 is 1.86 bits per heavy atom. The van der Waals surface area contributed by atoms with Gasteiger partial charge in [-0.3, -0.25) is 14.4 Å². The fourth-order valence-corrected chi connectivity index (χ4v) is 2.23. The maximum Gasteiger partial charge on any atom is 0.326 e. The Labute approximate surface area is 166 Å². The van der Waals surface area contributed by atoms with Crippen molar-refractivity contribution < 1.29 is 44.1 Å². The first-order chi connectivity index (χ1) is 13.7. The molecule has 4 amide bonds. The van der Waals surface area contributed by atoms with Gasteiger partial charge in [-0.1, -0.05) is 0 Å². The number of carbonyl (C=O) groups is 6. The van der Waals surface area contributed by atoms with E-state index in [1.165, 1.54) is 0 Å². The van der Waals surface area contributed by atoms with Crippen molar-refractivity contribution in [3.05, 3.63) is 0 Å². The number of aliphatic carboxylic acids is 3. The van der Waals surface area contributed by atoms with Gasteiger partial charge in [-0.15, -0.1) is 0 Å². The molecule has 0 aliphatic heterocycles. The van der Waals surface area contributed by atoms with Gasteiger partial charge in [0.1, 0.15) is 12.1 Å². The van der Waals surface area contributed by atoms with E-state index in [1.807, 2.05) is 0 Å². The number of hydrogen-bond donors (Lipinski definition) is 7. The van der Waals surface area contributed by atoms with E-state index in [2.05, 4.69) is 21.3 Å². The molecule has 0 spiro atoms. The van der Waals surface area contributed by atoms with E-state index < -0.39 is 41.9 Å². The summed E-state index contributed by atoms with van der Waals surface area (Å²) in [6, 6.07) is -3.61. The Morgan fingerprint density at radius 2 is 1.38 bits per heavy atom. The van der Waals surface area contributed by atoms with Gasteiger partial charge in [0.05, 0.1) is 6.54 Å². The zero-order valence-corrected chi connectivity index (χ0v) is 15.7. The minimum atomic E-state index is -1.36. The third kappa shape index (κ3) is 13.4. The number of carboxylic acids is 3. The molecule has 13 nitrogen and oxygen atoms in total. The second-order valence-corrected chi connectivity index (χ2v) is 6.03. The molecule has 13 heteroatoms. The molecule has 0 aliphatic rings. The number of urea groups is 1. The zero-order valence-electron chi connectivity index (χ0n) is 15.7. The summed E-state index contributed by atoms with van der Waals surface area (Å²) < 4.78 is 0. The Kier molecular flexibility index (Phi) is 12.9. The van der Waals surface area contributed by atoms with E-state index in [9.17, 15) is 33.9 Å². The fraction of sp³-hybridized carbons (Fsp3) is 0.625. The summed E-state index contributed by atoms with van der Waals surface area (Å²) in [5.41, 5.74) is 0. The van der Waals surface area contributed by atoms with Crippen LogP contribution in [0.25, 0.3) is 0 Å². The van der Waals surface area contributed by atoms with Crippen molar-refractivity contribution in [3.63, 3.8) is 0 Å². The van der Waals surface area contributed by atoms with Gasteiger partial charge in [0.15, 0.2) is 0 Å². The van der Waals surface area contributed by atoms with Crippen LogP contribution in [0.1, 0.15) is 38.5 Å². The molecule has 0 fully saturated rings. The minimum absolute atomic E-state index is 0.0308. The van der Waals surface area contributed by atoms with Crippen LogP contribution in [-0.2, 0) is 24.0 Å². The smallest absolute Gasteiger partial charge is 0.326 e. The summed E-state index contributed by atoms with van der Waals surface area (Å²) in [4.78, 5) is 66.1. The highest BCUT2D eigenvalue weighted by molar-refractivity contribution is 5.86. The molecule has 0 aromatic heterocycles. The molecule has 0 heterocycles. The van der Waals surface area contributed by atoms with Gasteiger partial charge in [-0.05, 0) is 32.1 Å². The molecule has 0 saturated carbocycles. The molecule has 164 valence electrons. The van der Waals surface area contributed by atoms with Crippen LogP contribution in [0, 0.1) is 0 Å². The molecule has 0 bridgehead atoms. The topological polar surface area (TPSA) is 211 Å². The maximum atomic E-state index is 11.9. The number of carbonyl (C=O) groups excluding carboxylic acids is 3. The van der Waals surface area contributed by atoms with Crippen molar-refractivity contribution in [1.82, 2.24) is 21.3 Å². The van der Waals surface area contributed by atoms with Crippen LogP contribution < -0.4 is 21.3 Å². The Balaban J connectivity index is 4.34. The van der Waals surface area contributed by atoms with Crippen molar-refractivity contribution in [1.29, 1.82) is 0 Å². The molecular weight excluding hydrogens is 392 g/mol. The van der Waals surface area contributed by atoms with Gasteiger partial charge in [0.2, 0.25) is 12.3 Å². The van der Waals surface area contributed by atoms with E-state index in [1.54, 1.807) is 0 Å². The van der Waals surface area contributed by atoms with Gasteiger partial charge >= 0.3 is 23.9 Å². The van der Waals surface area contributed by atoms with E-state index in [0.29, 0.717) is 19.3 Å². The maximum absolute atomic E-state index is 11.9. The summed E-state index contributed by atoms with van der Waals surface area (Å²) in [6.45, 7) is 0.0861. The number of rotatable bonds is 16. The van der Waals surface area contributed by atoms with Crippen LogP contribution in [0.3, 0.4) is 0 Å². The number of amides is 4. The lowest BCUT2D eigenvalue weighted by Crippen LogP contribution is -2.51. The van der Waals surface area contributed by atoms with Crippen LogP contribution >= 0.6 is 0 Å². The number of unbranched alkanes of at least 4 members (excludes halogenated alkanes) is 1. The first-order valence-electron chi connectivity index (χ1n) is 8.85. The summed E-state index contributed by atoms with van der Waals surface area (Å²) in [5.74, 6) is -4.16. The number of carboxylic acid groups (broad SMARTS) is 3. The molecule has 0 aromatic rings. The average molecular weight is 418 g/mol. The second kappa shape index (κ2) is 14.6. The van der Waals surface area contributed by atoms with Gasteiger partial charge in [0, 0.05) is 13.0 Å². The van der Waals surface area contributed by atoms with Crippen molar-refractivity contribution in [3.8, 4) is 0 Å². The predicted octanol–water partition coefficient (Wildman–Crippen LogP) is -1.52. The lowest BCUT2D eigenvalue weighted by Gasteiger charge is -2.18. The molecule has 0 rings (SSSR count). The van der Waals surface area contributed by atoms with Crippen LogP contribution in [-0.4, -0.2) is 76.7 Å². The average Bonchev–Trinajstić information content (AvgIpc) is 2.63.